The van der Waals surface area contributed by atoms with Crippen LogP contribution < -0.4 is 0 Å². The summed E-state index contributed by atoms with van der Waals surface area (Å²) >= 11 is 0. The molecule has 18 heavy (non-hydrogen) atoms. The van der Waals surface area contributed by atoms with E-state index in [0.717, 1.165) is 18.2 Å². The Hall–Kier alpha value is -2.10. The Morgan fingerprint density at radius 3 is 2.78 bits per heavy atom. The highest BCUT2D eigenvalue weighted by Crippen LogP contribution is 2.14. The molecule has 0 aliphatic carbocycles. The summed E-state index contributed by atoms with van der Waals surface area (Å²) < 4.78 is 26.4. The number of carbonyl (C=O) groups excluding carboxylic acids is 1. The fourth-order valence-electron chi connectivity index (χ4n) is 1.73. The molecule has 2 aromatic rings. The molecule has 92 valence electrons. The Kier molecular flexibility index (Phi) is 3.46. The Balaban J connectivity index is 2.27. The number of rotatable bonds is 3. The highest BCUT2D eigenvalue weighted by molar-refractivity contribution is 5.98. The number of aromatic nitrogens is 1. The number of ketones is 1. The minimum atomic E-state index is -0.578. The first-order valence-corrected chi connectivity index (χ1v) is 5.46. The van der Waals surface area contributed by atoms with Crippen LogP contribution in [0.1, 0.15) is 21.6 Å². The number of pyridine rings is 1. The molecule has 0 saturated carbocycles. The van der Waals surface area contributed by atoms with Crippen molar-refractivity contribution in [3.05, 3.63) is 65.0 Å². The number of Topliss-reactive ketones (excluding diaryl/α,β-unsaturated/α-hetero) is 1. The lowest BCUT2D eigenvalue weighted by atomic mass is 10.0. The molecule has 0 N–H and O–H groups in total. The number of benzene rings is 1. The molecule has 2 rings (SSSR count). The molecule has 0 bridgehead atoms. The van der Waals surface area contributed by atoms with Crippen LogP contribution in [0.15, 0.2) is 36.5 Å². The molecule has 0 unspecified atom stereocenters. The maximum absolute atomic E-state index is 13.4. The summed E-state index contributed by atoms with van der Waals surface area (Å²) in [5, 5.41) is 0. The molecule has 1 aromatic carbocycles. The van der Waals surface area contributed by atoms with Crippen molar-refractivity contribution in [1.82, 2.24) is 4.98 Å². The van der Waals surface area contributed by atoms with Crippen LogP contribution in [0.4, 0.5) is 8.78 Å². The second kappa shape index (κ2) is 5.04. The molecular formula is C14H11F2NO. The first-order valence-electron chi connectivity index (χ1n) is 5.46. The zero-order valence-electron chi connectivity index (χ0n) is 9.78. The van der Waals surface area contributed by atoms with Gasteiger partial charge in [0.2, 0.25) is 0 Å². The van der Waals surface area contributed by atoms with E-state index < -0.39 is 11.6 Å². The predicted octanol–water partition coefficient (Wildman–Crippen LogP) is 3.09. The summed E-state index contributed by atoms with van der Waals surface area (Å²) in [6, 6.07) is 6.36. The van der Waals surface area contributed by atoms with Crippen molar-refractivity contribution < 1.29 is 13.6 Å². The number of hydrogen-bond donors (Lipinski definition) is 0. The average molecular weight is 247 g/mol. The van der Waals surface area contributed by atoms with Gasteiger partial charge >= 0.3 is 0 Å². The van der Waals surface area contributed by atoms with E-state index in [1.807, 2.05) is 0 Å². The lowest BCUT2D eigenvalue weighted by Gasteiger charge is -2.05. The van der Waals surface area contributed by atoms with Crippen molar-refractivity contribution in [2.45, 2.75) is 13.3 Å². The predicted molar refractivity (Wildman–Crippen MR) is 63.4 cm³/mol. The molecule has 0 amide bonds. The lowest BCUT2D eigenvalue weighted by molar-refractivity contribution is 0.0991. The third-order valence-electron chi connectivity index (χ3n) is 2.67. The van der Waals surface area contributed by atoms with Crippen molar-refractivity contribution in [1.29, 1.82) is 0 Å². The van der Waals surface area contributed by atoms with E-state index in [2.05, 4.69) is 4.98 Å². The third-order valence-corrected chi connectivity index (χ3v) is 2.67. The first-order chi connectivity index (χ1) is 8.58. The van der Waals surface area contributed by atoms with Crippen molar-refractivity contribution in [3.63, 3.8) is 0 Å². The fraction of sp³-hybridized carbons (Fsp3) is 0.143. The topological polar surface area (TPSA) is 30.0 Å². The second-order valence-electron chi connectivity index (χ2n) is 3.97. The van der Waals surface area contributed by atoms with Crippen LogP contribution in [0.3, 0.4) is 0 Å². The number of aryl methyl sites for hydroxylation is 1. The van der Waals surface area contributed by atoms with Crippen LogP contribution in [0.5, 0.6) is 0 Å². The van der Waals surface area contributed by atoms with Gasteiger partial charge < -0.3 is 0 Å². The van der Waals surface area contributed by atoms with E-state index in [1.54, 1.807) is 25.3 Å². The number of halogens is 2. The van der Waals surface area contributed by atoms with Crippen molar-refractivity contribution in [2.75, 3.05) is 0 Å². The van der Waals surface area contributed by atoms with Crippen LogP contribution in [0.25, 0.3) is 0 Å². The van der Waals surface area contributed by atoms with Crippen LogP contribution in [-0.2, 0) is 6.42 Å². The van der Waals surface area contributed by atoms with E-state index >= 15 is 0 Å². The molecule has 0 fully saturated rings. The van der Waals surface area contributed by atoms with E-state index in [0.29, 0.717) is 11.3 Å². The molecule has 0 aliphatic heterocycles. The van der Waals surface area contributed by atoms with E-state index in [9.17, 15) is 13.6 Å². The summed E-state index contributed by atoms with van der Waals surface area (Å²) in [4.78, 5) is 16.0. The van der Waals surface area contributed by atoms with Crippen LogP contribution in [-0.4, -0.2) is 10.8 Å². The van der Waals surface area contributed by atoms with Gasteiger partial charge in [0, 0.05) is 23.9 Å². The Bertz CT molecular complexity index is 596. The minimum absolute atomic E-state index is 0.0586. The van der Waals surface area contributed by atoms with E-state index in [4.69, 9.17) is 0 Å². The average Bonchev–Trinajstić information content (AvgIpc) is 2.34. The van der Waals surface area contributed by atoms with Crippen LogP contribution in [0.2, 0.25) is 0 Å². The molecule has 0 saturated heterocycles. The normalized spacial score (nSPS) is 10.4. The van der Waals surface area contributed by atoms with Crippen molar-refractivity contribution >= 4 is 5.78 Å². The van der Waals surface area contributed by atoms with Crippen LogP contribution in [0, 0.1) is 18.6 Å². The van der Waals surface area contributed by atoms with Gasteiger partial charge in [-0.05, 0) is 42.8 Å². The molecule has 0 radical (unpaired) electrons. The van der Waals surface area contributed by atoms with Crippen LogP contribution >= 0.6 is 0 Å². The second-order valence-corrected chi connectivity index (χ2v) is 3.97. The van der Waals surface area contributed by atoms with E-state index in [1.165, 1.54) is 0 Å². The number of hydrogen-bond acceptors (Lipinski definition) is 2. The summed E-state index contributed by atoms with van der Waals surface area (Å²) in [5.41, 5.74) is 1.07. The van der Waals surface area contributed by atoms with Crippen molar-refractivity contribution in [3.8, 4) is 0 Å². The molecule has 0 spiro atoms. The van der Waals surface area contributed by atoms with Gasteiger partial charge in [0.05, 0.1) is 0 Å². The monoisotopic (exact) mass is 247 g/mol. The maximum Gasteiger partial charge on any atom is 0.169 e. The molecule has 1 aromatic heterocycles. The zero-order chi connectivity index (χ0) is 13.1. The van der Waals surface area contributed by atoms with Gasteiger partial charge in [0.25, 0.3) is 0 Å². The summed E-state index contributed by atoms with van der Waals surface area (Å²) in [7, 11) is 0. The Labute approximate surface area is 103 Å². The molecule has 4 heteroatoms. The quantitative estimate of drug-likeness (QED) is 0.780. The largest absolute Gasteiger partial charge is 0.294 e. The van der Waals surface area contributed by atoms with E-state index in [-0.39, 0.29) is 17.8 Å². The summed E-state index contributed by atoms with van der Waals surface area (Å²) in [6.07, 6.45) is 1.41. The first kappa shape index (κ1) is 12.4. The number of nitrogens with zero attached hydrogens (tertiary/aromatic N) is 1. The zero-order valence-corrected chi connectivity index (χ0v) is 9.78. The molecule has 0 aliphatic rings. The van der Waals surface area contributed by atoms with Gasteiger partial charge in [-0.2, -0.15) is 0 Å². The molecule has 0 atom stereocenters. The van der Waals surface area contributed by atoms with Gasteiger partial charge in [0.15, 0.2) is 5.78 Å². The van der Waals surface area contributed by atoms with Gasteiger partial charge in [-0.3, -0.25) is 9.78 Å². The lowest BCUT2D eigenvalue weighted by Crippen LogP contribution is -2.08. The Morgan fingerprint density at radius 1 is 1.28 bits per heavy atom. The smallest absolute Gasteiger partial charge is 0.169 e. The van der Waals surface area contributed by atoms with Gasteiger partial charge in [0.1, 0.15) is 11.6 Å². The molecular weight excluding hydrogens is 236 g/mol. The molecule has 1 heterocycles. The molecule has 2 nitrogen and oxygen atoms in total. The van der Waals surface area contributed by atoms with Crippen molar-refractivity contribution in [2.24, 2.45) is 0 Å². The Morgan fingerprint density at radius 2 is 2.06 bits per heavy atom. The SMILES string of the molecule is Cc1ncccc1C(=O)Cc1cc(F)ccc1F. The highest BCUT2D eigenvalue weighted by atomic mass is 19.1. The number of carbonyl (C=O) groups is 1. The standard InChI is InChI=1S/C14H11F2NO/c1-9-12(3-2-6-17-9)14(18)8-10-7-11(15)4-5-13(10)16/h2-7H,8H2,1H3. The van der Waals surface area contributed by atoms with Gasteiger partial charge in [-0.1, -0.05) is 0 Å². The maximum atomic E-state index is 13.4. The minimum Gasteiger partial charge on any atom is -0.294 e. The van der Waals surface area contributed by atoms with Gasteiger partial charge in [-0.25, -0.2) is 8.78 Å². The third kappa shape index (κ3) is 2.59. The fourth-order valence-corrected chi connectivity index (χ4v) is 1.73. The highest BCUT2D eigenvalue weighted by Gasteiger charge is 2.13. The summed E-state index contributed by atoms with van der Waals surface area (Å²) in [5.74, 6) is -1.40. The van der Waals surface area contributed by atoms with Gasteiger partial charge in [-0.15, -0.1) is 0 Å². The summed E-state index contributed by atoms with van der Waals surface area (Å²) in [6.45, 7) is 1.70.